The van der Waals surface area contributed by atoms with Crippen LogP contribution in [-0.4, -0.2) is 23.3 Å². The van der Waals surface area contributed by atoms with E-state index in [9.17, 15) is 0 Å². The third-order valence-corrected chi connectivity index (χ3v) is 3.78. The van der Waals surface area contributed by atoms with Gasteiger partial charge in [-0.1, -0.05) is 30.3 Å². The Morgan fingerprint density at radius 2 is 1.80 bits per heavy atom. The van der Waals surface area contributed by atoms with Crippen LogP contribution in [0.4, 0.5) is 17.5 Å². The SMILES string of the molecule is CCNc1nc(Nc2ccc3c(c2)OCO3)cc(-c2ccccc2)n1. The van der Waals surface area contributed by atoms with Crippen molar-refractivity contribution in [2.45, 2.75) is 6.92 Å². The standard InChI is InChI=1S/C19H18N4O2/c1-2-20-19-22-15(13-6-4-3-5-7-13)11-18(23-19)21-14-8-9-16-17(10-14)25-12-24-16/h3-11H,2,12H2,1H3,(H2,20,21,22,23). The Hall–Kier alpha value is -3.28. The molecule has 3 aromatic rings. The number of nitrogens with zero attached hydrogens (tertiary/aromatic N) is 2. The lowest BCUT2D eigenvalue weighted by Gasteiger charge is -2.11. The fraction of sp³-hybridized carbons (Fsp3) is 0.158. The first-order valence-electron chi connectivity index (χ1n) is 8.17. The molecular weight excluding hydrogens is 316 g/mol. The minimum atomic E-state index is 0.259. The highest BCUT2D eigenvalue weighted by molar-refractivity contribution is 5.68. The first kappa shape index (κ1) is 15.3. The first-order valence-corrected chi connectivity index (χ1v) is 8.17. The van der Waals surface area contributed by atoms with Gasteiger partial charge in [-0.25, -0.2) is 4.98 Å². The molecule has 4 rings (SSSR count). The summed E-state index contributed by atoms with van der Waals surface area (Å²) < 4.78 is 10.8. The number of benzene rings is 2. The smallest absolute Gasteiger partial charge is 0.231 e. The molecule has 0 unspecified atom stereocenters. The summed E-state index contributed by atoms with van der Waals surface area (Å²) in [5.74, 6) is 2.79. The summed E-state index contributed by atoms with van der Waals surface area (Å²) in [6.07, 6.45) is 0. The second-order valence-corrected chi connectivity index (χ2v) is 5.55. The van der Waals surface area contributed by atoms with Gasteiger partial charge in [0.2, 0.25) is 12.7 Å². The van der Waals surface area contributed by atoms with Gasteiger partial charge < -0.3 is 20.1 Å². The third-order valence-electron chi connectivity index (χ3n) is 3.78. The Kier molecular flexibility index (Phi) is 4.08. The van der Waals surface area contributed by atoms with E-state index in [0.29, 0.717) is 11.8 Å². The molecule has 6 nitrogen and oxygen atoms in total. The van der Waals surface area contributed by atoms with Crippen LogP contribution in [-0.2, 0) is 0 Å². The maximum Gasteiger partial charge on any atom is 0.231 e. The number of fused-ring (bicyclic) bond motifs is 1. The fourth-order valence-electron chi connectivity index (χ4n) is 2.63. The molecule has 2 aromatic carbocycles. The van der Waals surface area contributed by atoms with Crippen LogP contribution in [0.1, 0.15) is 6.92 Å². The van der Waals surface area contributed by atoms with Crippen LogP contribution in [0.15, 0.2) is 54.6 Å². The molecule has 6 heteroatoms. The molecule has 1 aromatic heterocycles. The summed E-state index contributed by atoms with van der Waals surface area (Å²) in [4.78, 5) is 9.12. The lowest BCUT2D eigenvalue weighted by molar-refractivity contribution is 0.174. The fourth-order valence-corrected chi connectivity index (χ4v) is 2.63. The number of nitrogens with one attached hydrogen (secondary N) is 2. The molecule has 0 amide bonds. The molecule has 1 aliphatic rings. The molecule has 126 valence electrons. The van der Waals surface area contributed by atoms with Gasteiger partial charge in [0.1, 0.15) is 5.82 Å². The molecule has 0 fully saturated rings. The Morgan fingerprint density at radius 3 is 2.64 bits per heavy atom. The van der Waals surface area contributed by atoms with Crippen LogP contribution >= 0.6 is 0 Å². The molecule has 0 spiro atoms. The van der Waals surface area contributed by atoms with Gasteiger partial charge in [0.15, 0.2) is 11.5 Å². The average molecular weight is 334 g/mol. The summed E-state index contributed by atoms with van der Waals surface area (Å²) in [6, 6.07) is 17.7. The van der Waals surface area contributed by atoms with E-state index in [1.54, 1.807) is 0 Å². The van der Waals surface area contributed by atoms with Crippen LogP contribution < -0.4 is 20.1 Å². The lowest BCUT2D eigenvalue weighted by atomic mass is 10.1. The van der Waals surface area contributed by atoms with Gasteiger partial charge in [-0.3, -0.25) is 0 Å². The minimum Gasteiger partial charge on any atom is -0.454 e. The molecule has 2 N–H and O–H groups in total. The first-order chi connectivity index (χ1) is 12.3. The normalized spacial score (nSPS) is 12.0. The van der Waals surface area contributed by atoms with E-state index in [1.807, 2.05) is 61.5 Å². The third kappa shape index (κ3) is 3.33. The molecule has 0 saturated carbocycles. The molecule has 0 atom stereocenters. The van der Waals surface area contributed by atoms with E-state index in [-0.39, 0.29) is 6.79 Å². The molecule has 0 aliphatic carbocycles. The van der Waals surface area contributed by atoms with Crippen LogP contribution in [0.5, 0.6) is 11.5 Å². The van der Waals surface area contributed by atoms with Crippen molar-refractivity contribution in [1.29, 1.82) is 0 Å². The summed E-state index contributed by atoms with van der Waals surface area (Å²) in [5, 5.41) is 6.49. The average Bonchev–Trinajstić information content (AvgIpc) is 3.10. The number of ether oxygens (including phenoxy) is 2. The molecular formula is C19H18N4O2. The molecule has 0 saturated heterocycles. The molecule has 2 heterocycles. The molecule has 0 bridgehead atoms. The van der Waals surface area contributed by atoms with Gasteiger partial charge in [0.25, 0.3) is 0 Å². The van der Waals surface area contributed by atoms with E-state index >= 15 is 0 Å². The second-order valence-electron chi connectivity index (χ2n) is 5.55. The maximum absolute atomic E-state index is 5.42. The summed E-state index contributed by atoms with van der Waals surface area (Å²) in [5.41, 5.74) is 2.77. The van der Waals surface area contributed by atoms with Gasteiger partial charge >= 0.3 is 0 Å². The van der Waals surface area contributed by atoms with E-state index in [1.165, 1.54) is 0 Å². The minimum absolute atomic E-state index is 0.259. The van der Waals surface area contributed by atoms with Crippen molar-refractivity contribution in [3.8, 4) is 22.8 Å². The summed E-state index contributed by atoms with van der Waals surface area (Å²) >= 11 is 0. The largest absolute Gasteiger partial charge is 0.454 e. The van der Waals surface area contributed by atoms with Crippen molar-refractivity contribution in [2.75, 3.05) is 24.0 Å². The predicted molar refractivity (Wildman–Crippen MR) is 97.5 cm³/mol. The highest BCUT2D eigenvalue weighted by Gasteiger charge is 2.14. The van der Waals surface area contributed by atoms with Crippen molar-refractivity contribution in [3.05, 3.63) is 54.6 Å². The quantitative estimate of drug-likeness (QED) is 0.734. The summed E-state index contributed by atoms with van der Waals surface area (Å²) in [7, 11) is 0. The zero-order chi connectivity index (χ0) is 17.1. The van der Waals surface area contributed by atoms with E-state index < -0.39 is 0 Å². The Bertz CT molecular complexity index is 884. The monoisotopic (exact) mass is 334 g/mol. The zero-order valence-electron chi connectivity index (χ0n) is 13.8. The Morgan fingerprint density at radius 1 is 0.960 bits per heavy atom. The Labute approximate surface area is 145 Å². The van der Waals surface area contributed by atoms with Crippen molar-refractivity contribution in [3.63, 3.8) is 0 Å². The van der Waals surface area contributed by atoms with Crippen LogP contribution in [0.25, 0.3) is 11.3 Å². The Balaban J connectivity index is 1.67. The van der Waals surface area contributed by atoms with Crippen LogP contribution in [0, 0.1) is 0 Å². The maximum atomic E-state index is 5.42. The summed E-state index contributed by atoms with van der Waals surface area (Å²) in [6.45, 7) is 3.03. The van der Waals surface area contributed by atoms with Crippen LogP contribution in [0.2, 0.25) is 0 Å². The highest BCUT2D eigenvalue weighted by atomic mass is 16.7. The molecule has 25 heavy (non-hydrogen) atoms. The molecule has 0 radical (unpaired) electrons. The van der Waals surface area contributed by atoms with E-state index in [4.69, 9.17) is 9.47 Å². The van der Waals surface area contributed by atoms with Gasteiger partial charge in [0, 0.05) is 29.9 Å². The highest BCUT2D eigenvalue weighted by Crippen LogP contribution is 2.35. The van der Waals surface area contributed by atoms with E-state index in [2.05, 4.69) is 20.6 Å². The van der Waals surface area contributed by atoms with Gasteiger partial charge in [-0.05, 0) is 19.1 Å². The van der Waals surface area contributed by atoms with E-state index in [0.717, 1.165) is 35.0 Å². The van der Waals surface area contributed by atoms with Crippen molar-refractivity contribution < 1.29 is 9.47 Å². The predicted octanol–water partition coefficient (Wildman–Crippen LogP) is 4.05. The number of anilines is 3. The second kappa shape index (κ2) is 6.68. The number of hydrogen-bond acceptors (Lipinski definition) is 6. The topological polar surface area (TPSA) is 68.3 Å². The van der Waals surface area contributed by atoms with Gasteiger partial charge in [0.05, 0.1) is 5.69 Å². The number of rotatable bonds is 5. The van der Waals surface area contributed by atoms with Crippen molar-refractivity contribution >= 4 is 17.5 Å². The van der Waals surface area contributed by atoms with Crippen molar-refractivity contribution in [2.24, 2.45) is 0 Å². The molecule has 1 aliphatic heterocycles. The van der Waals surface area contributed by atoms with Gasteiger partial charge in [-0.2, -0.15) is 4.98 Å². The number of aromatic nitrogens is 2. The number of hydrogen-bond donors (Lipinski definition) is 2. The van der Waals surface area contributed by atoms with Gasteiger partial charge in [-0.15, -0.1) is 0 Å². The lowest BCUT2D eigenvalue weighted by Crippen LogP contribution is -2.05. The van der Waals surface area contributed by atoms with Crippen LogP contribution in [0.3, 0.4) is 0 Å². The van der Waals surface area contributed by atoms with Crippen molar-refractivity contribution in [1.82, 2.24) is 9.97 Å². The zero-order valence-corrected chi connectivity index (χ0v) is 13.8.